The fraction of sp³-hybridized carbons (Fsp3) is 0.939. The van der Waals surface area contributed by atoms with Gasteiger partial charge in [-0.1, -0.05) is 127 Å². The van der Waals surface area contributed by atoms with Crippen molar-refractivity contribution in [3.63, 3.8) is 0 Å². The molecule has 0 spiro atoms. The van der Waals surface area contributed by atoms with Crippen LogP contribution in [0.5, 0.6) is 0 Å². The lowest BCUT2D eigenvalue weighted by molar-refractivity contribution is -0.118. The molecule has 0 amide bonds. The van der Waals surface area contributed by atoms with E-state index in [1.807, 2.05) is 0 Å². The Kier molecular flexibility index (Phi) is 18.0. The molecule has 0 aromatic carbocycles. The highest BCUT2D eigenvalue weighted by atomic mass is 15.2. The maximum atomic E-state index is 3.35. The summed E-state index contributed by atoms with van der Waals surface area (Å²) in [6, 6.07) is 5.38. The van der Waals surface area contributed by atoms with Crippen molar-refractivity contribution in [1.82, 2.24) is 9.80 Å². The first-order valence-corrected chi connectivity index (χ1v) is 32.6. The number of nitrogens with zero attached hydrogens (tertiary/aromatic N) is 2. The summed E-state index contributed by atoms with van der Waals surface area (Å²) in [6.45, 7) is 0. The Balaban J connectivity index is 0.752. The predicted octanol–water partition coefficient (Wildman–Crippen LogP) is 18.6. The molecule has 0 aromatic heterocycles. The Hall–Kier alpha value is -0.600. The van der Waals surface area contributed by atoms with Crippen LogP contribution in [0.1, 0.15) is 283 Å². The van der Waals surface area contributed by atoms with Crippen LogP contribution >= 0.6 is 0 Å². The van der Waals surface area contributed by atoms with E-state index in [0.717, 1.165) is 107 Å². The maximum Gasteiger partial charge on any atom is 0.0102 e. The van der Waals surface area contributed by atoms with Crippen molar-refractivity contribution in [1.29, 1.82) is 0 Å². The molecule has 384 valence electrons. The molecule has 0 heterocycles. The zero-order valence-electron chi connectivity index (χ0n) is 44.7. The molecule has 0 saturated heterocycles. The van der Waals surface area contributed by atoms with Crippen LogP contribution in [0.25, 0.3) is 0 Å². The summed E-state index contributed by atoms with van der Waals surface area (Å²) in [5, 5.41) is 0. The van der Waals surface area contributed by atoms with Crippen molar-refractivity contribution in [3.8, 4) is 0 Å². The Bertz CT molecular complexity index is 1420. The molecule has 11 saturated carbocycles. The molecule has 0 aromatic rings. The van der Waals surface area contributed by atoms with Gasteiger partial charge in [-0.3, -0.25) is 9.80 Å². The molecule has 0 radical (unpaired) electrons. The third-order valence-electron chi connectivity index (χ3n) is 24.1. The number of rotatable bonds is 12. The van der Waals surface area contributed by atoms with Crippen LogP contribution in [0.2, 0.25) is 0 Å². The van der Waals surface area contributed by atoms with Gasteiger partial charge in [-0.15, -0.1) is 0 Å². The maximum absolute atomic E-state index is 3.35. The van der Waals surface area contributed by atoms with E-state index in [2.05, 4.69) is 34.1 Å². The largest absolute Gasteiger partial charge is 0.294 e. The molecule has 4 atom stereocenters. The molecule has 0 N–H and O–H groups in total. The topological polar surface area (TPSA) is 6.48 Å². The lowest BCUT2D eigenvalue weighted by Crippen LogP contribution is -2.56. The first-order chi connectivity index (χ1) is 33.7. The van der Waals surface area contributed by atoms with Crippen molar-refractivity contribution in [2.45, 2.75) is 319 Å². The van der Waals surface area contributed by atoms with E-state index in [4.69, 9.17) is 0 Å². The van der Waals surface area contributed by atoms with Gasteiger partial charge in [0.1, 0.15) is 0 Å². The van der Waals surface area contributed by atoms with Crippen LogP contribution in [0, 0.1) is 71.0 Å². The van der Waals surface area contributed by atoms with Crippen molar-refractivity contribution in [2.24, 2.45) is 71.0 Å². The van der Waals surface area contributed by atoms with E-state index < -0.39 is 0 Å². The van der Waals surface area contributed by atoms with E-state index >= 15 is 0 Å². The van der Waals surface area contributed by atoms with Crippen molar-refractivity contribution < 1.29 is 0 Å². The highest BCUT2D eigenvalue weighted by molar-refractivity contribution is 5.06. The molecule has 2 nitrogen and oxygen atoms in total. The normalized spacial score (nSPS) is 42.7. The molecular formula is C66H110N2. The van der Waals surface area contributed by atoms with Gasteiger partial charge in [-0.05, 0) is 251 Å². The predicted molar refractivity (Wildman–Crippen MR) is 290 cm³/mol. The summed E-state index contributed by atoms with van der Waals surface area (Å²) in [5.74, 6) is 12.1. The standard InChI is InChI=1S/C66H110N2/c1-5-17-49(18-6-1)29-31-51-33-41-57(42-34-51)68(58-43-35-52(36-44-58)32-30-50-19-7-2-8-20-50)60-47-39-54(40-48-60)66-63-27-15-13-25-61(63)65(62-26-14-16-28-64(62)66)53-37-45-59(46-38-53)67(55-21-9-3-10-22-55)56-23-11-4-12-24-56/h29-32,49-66H,1-28,33-48H2. The molecular weight excluding hydrogens is 821 g/mol. The Morgan fingerprint density at radius 2 is 0.412 bits per heavy atom. The summed E-state index contributed by atoms with van der Waals surface area (Å²) in [4.78, 5) is 6.63. The SMILES string of the molecule is C(=CC1CCC(N(C2CCC(C=CC3CCCCC3)CC2)C2CCC(C3C4CCCCC4C(C4CCC(N(C5CCCCC5)C5CCCCC5)CC4)C4CCCCC43)CC2)CC1)C1CCCCC1. The highest BCUT2D eigenvalue weighted by Gasteiger charge is 2.55. The average molecular weight is 932 g/mol. The fourth-order valence-electron chi connectivity index (χ4n) is 20.9. The molecule has 11 fully saturated rings. The summed E-state index contributed by atoms with van der Waals surface area (Å²) >= 11 is 0. The minimum absolute atomic E-state index is 0.862. The number of hydrogen-bond acceptors (Lipinski definition) is 2. The molecule has 11 aliphatic carbocycles. The molecule has 0 bridgehead atoms. The van der Waals surface area contributed by atoms with Crippen LogP contribution in [0.4, 0.5) is 0 Å². The second-order valence-electron chi connectivity index (χ2n) is 27.7. The molecule has 68 heavy (non-hydrogen) atoms. The van der Waals surface area contributed by atoms with Gasteiger partial charge in [0.25, 0.3) is 0 Å². The third kappa shape index (κ3) is 11.8. The number of hydrogen-bond donors (Lipinski definition) is 0. The smallest absolute Gasteiger partial charge is 0.0102 e. The van der Waals surface area contributed by atoms with Crippen molar-refractivity contribution in [2.75, 3.05) is 0 Å². The summed E-state index contributed by atoms with van der Waals surface area (Å²) in [5.41, 5.74) is 0. The van der Waals surface area contributed by atoms with Gasteiger partial charge < -0.3 is 0 Å². The van der Waals surface area contributed by atoms with E-state index in [9.17, 15) is 0 Å². The van der Waals surface area contributed by atoms with Crippen LogP contribution in [0.15, 0.2) is 24.3 Å². The molecule has 4 unspecified atom stereocenters. The van der Waals surface area contributed by atoms with Gasteiger partial charge >= 0.3 is 0 Å². The van der Waals surface area contributed by atoms with Gasteiger partial charge in [0.05, 0.1) is 0 Å². The Labute approximate surface area is 422 Å². The quantitative estimate of drug-likeness (QED) is 0.180. The first-order valence-electron chi connectivity index (χ1n) is 32.6. The Morgan fingerprint density at radius 1 is 0.191 bits per heavy atom. The molecule has 0 aliphatic heterocycles. The van der Waals surface area contributed by atoms with Crippen LogP contribution in [-0.2, 0) is 0 Å². The van der Waals surface area contributed by atoms with E-state index in [1.165, 1.54) is 180 Å². The monoisotopic (exact) mass is 931 g/mol. The third-order valence-corrected chi connectivity index (χ3v) is 24.1. The summed E-state index contributed by atoms with van der Waals surface area (Å²) < 4.78 is 0. The van der Waals surface area contributed by atoms with Crippen LogP contribution in [0.3, 0.4) is 0 Å². The minimum Gasteiger partial charge on any atom is -0.294 e. The van der Waals surface area contributed by atoms with E-state index in [1.54, 1.807) is 103 Å². The first kappa shape index (κ1) is 49.6. The highest BCUT2D eigenvalue weighted by Crippen LogP contribution is 2.62. The lowest BCUT2D eigenvalue weighted by atomic mass is 9.45. The van der Waals surface area contributed by atoms with Crippen LogP contribution in [-0.4, -0.2) is 46.1 Å². The summed E-state index contributed by atoms with van der Waals surface area (Å²) in [6.07, 6.45) is 77.9. The van der Waals surface area contributed by atoms with Crippen molar-refractivity contribution >= 4 is 0 Å². The minimum atomic E-state index is 0.862. The lowest BCUT2D eigenvalue weighted by Gasteiger charge is -2.61. The van der Waals surface area contributed by atoms with Crippen LogP contribution < -0.4 is 0 Å². The summed E-state index contributed by atoms with van der Waals surface area (Å²) in [7, 11) is 0. The van der Waals surface area contributed by atoms with Gasteiger partial charge in [-0.2, -0.15) is 0 Å². The number of fused-ring (bicyclic) bond motifs is 2. The van der Waals surface area contributed by atoms with Gasteiger partial charge in [-0.25, -0.2) is 0 Å². The fourth-order valence-corrected chi connectivity index (χ4v) is 20.9. The second-order valence-corrected chi connectivity index (χ2v) is 27.7. The van der Waals surface area contributed by atoms with Gasteiger partial charge in [0.15, 0.2) is 0 Å². The van der Waals surface area contributed by atoms with Gasteiger partial charge in [0.2, 0.25) is 0 Å². The van der Waals surface area contributed by atoms with Crippen molar-refractivity contribution in [3.05, 3.63) is 24.3 Å². The zero-order valence-corrected chi connectivity index (χ0v) is 44.7. The second kappa shape index (κ2) is 24.6. The molecule has 2 heteroatoms. The molecule has 11 rings (SSSR count). The average Bonchev–Trinajstić information content (AvgIpc) is 3.41. The number of allylic oxidation sites excluding steroid dienone is 4. The zero-order chi connectivity index (χ0) is 45.5. The molecule has 11 aliphatic rings. The van der Waals surface area contributed by atoms with E-state index in [-0.39, 0.29) is 0 Å². The van der Waals surface area contributed by atoms with E-state index in [0.29, 0.717) is 0 Å². The Morgan fingerprint density at radius 3 is 0.706 bits per heavy atom. The van der Waals surface area contributed by atoms with Gasteiger partial charge in [0, 0.05) is 36.3 Å².